The average Bonchev–Trinajstić information content (AvgIpc) is 2.68. The van der Waals surface area contributed by atoms with Crippen molar-refractivity contribution in [3.63, 3.8) is 0 Å². The van der Waals surface area contributed by atoms with Crippen LogP contribution in [-0.2, 0) is 0 Å². The van der Waals surface area contributed by atoms with Gasteiger partial charge in [0.1, 0.15) is 17.6 Å². The summed E-state index contributed by atoms with van der Waals surface area (Å²) in [5.41, 5.74) is 0.847. The van der Waals surface area contributed by atoms with E-state index in [1.165, 1.54) is 4.88 Å². The summed E-state index contributed by atoms with van der Waals surface area (Å²) in [4.78, 5) is 2.11. The second kappa shape index (κ2) is 4.35. The van der Waals surface area contributed by atoms with Crippen molar-refractivity contribution < 1.29 is 9.52 Å². The lowest BCUT2D eigenvalue weighted by Crippen LogP contribution is -1.97. The molecule has 1 atom stereocenters. The van der Waals surface area contributed by atoms with Gasteiger partial charge in [-0.05, 0) is 48.8 Å². The second-order valence-corrected chi connectivity index (χ2v) is 5.98. The van der Waals surface area contributed by atoms with Gasteiger partial charge in [-0.1, -0.05) is 0 Å². The zero-order chi connectivity index (χ0) is 11.9. The van der Waals surface area contributed by atoms with Crippen molar-refractivity contribution in [3.8, 4) is 0 Å². The average molecular weight is 301 g/mol. The highest BCUT2D eigenvalue weighted by atomic mass is 79.9. The van der Waals surface area contributed by atoms with E-state index >= 15 is 0 Å². The Balaban J connectivity index is 2.42. The Morgan fingerprint density at radius 1 is 1.31 bits per heavy atom. The monoisotopic (exact) mass is 300 g/mol. The van der Waals surface area contributed by atoms with Gasteiger partial charge in [0, 0.05) is 14.9 Å². The molecule has 0 aromatic carbocycles. The first-order valence-corrected chi connectivity index (χ1v) is 6.61. The molecule has 0 radical (unpaired) electrons. The highest BCUT2D eigenvalue weighted by Gasteiger charge is 2.20. The minimum absolute atomic E-state index is 0.606. The summed E-state index contributed by atoms with van der Waals surface area (Å²) in [5, 5.41) is 10.3. The van der Waals surface area contributed by atoms with Gasteiger partial charge in [0.05, 0.1) is 4.88 Å². The van der Waals surface area contributed by atoms with Crippen LogP contribution in [0.15, 0.2) is 21.0 Å². The molecule has 2 heterocycles. The van der Waals surface area contributed by atoms with E-state index in [9.17, 15) is 5.11 Å². The number of rotatable bonds is 2. The molecule has 0 fully saturated rings. The van der Waals surface area contributed by atoms with Crippen molar-refractivity contribution in [1.82, 2.24) is 0 Å². The third-order valence-corrected chi connectivity index (χ3v) is 4.48. The molecule has 2 nitrogen and oxygen atoms in total. The van der Waals surface area contributed by atoms with Gasteiger partial charge in [-0.2, -0.15) is 0 Å². The Labute approximate surface area is 107 Å². The highest BCUT2D eigenvalue weighted by molar-refractivity contribution is 9.10. The van der Waals surface area contributed by atoms with Crippen molar-refractivity contribution in [1.29, 1.82) is 0 Å². The fraction of sp³-hybridized carbons (Fsp3) is 0.333. The predicted molar refractivity (Wildman–Crippen MR) is 69.0 cm³/mol. The highest BCUT2D eigenvalue weighted by Crippen LogP contribution is 2.37. The quantitative estimate of drug-likeness (QED) is 0.905. The van der Waals surface area contributed by atoms with Crippen LogP contribution in [0.2, 0.25) is 0 Å². The fourth-order valence-electron chi connectivity index (χ4n) is 1.75. The number of aliphatic hydroxyl groups is 1. The van der Waals surface area contributed by atoms with Gasteiger partial charge >= 0.3 is 0 Å². The number of thiophene rings is 1. The Hall–Kier alpha value is -0.580. The molecule has 0 aliphatic rings. The van der Waals surface area contributed by atoms with Crippen molar-refractivity contribution in [2.24, 2.45) is 0 Å². The third-order valence-electron chi connectivity index (χ3n) is 2.46. The summed E-state index contributed by atoms with van der Waals surface area (Å²) >= 11 is 5.06. The van der Waals surface area contributed by atoms with E-state index < -0.39 is 6.10 Å². The summed E-state index contributed by atoms with van der Waals surface area (Å²) in [6.07, 6.45) is -0.606. The van der Waals surface area contributed by atoms with Crippen LogP contribution < -0.4 is 0 Å². The van der Waals surface area contributed by atoms with Crippen LogP contribution in [0.1, 0.15) is 32.9 Å². The third kappa shape index (κ3) is 2.10. The van der Waals surface area contributed by atoms with Gasteiger partial charge in [-0.15, -0.1) is 11.3 Å². The SMILES string of the molecule is Cc1cc(C(O)c2sc(C)cc2Br)c(C)o1. The van der Waals surface area contributed by atoms with E-state index in [0.29, 0.717) is 0 Å². The van der Waals surface area contributed by atoms with Crippen LogP contribution in [0.3, 0.4) is 0 Å². The Morgan fingerprint density at radius 3 is 2.44 bits per heavy atom. The van der Waals surface area contributed by atoms with Crippen molar-refractivity contribution in [2.45, 2.75) is 26.9 Å². The maximum absolute atomic E-state index is 10.3. The molecule has 0 saturated carbocycles. The van der Waals surface area contributed by atoms with Crippen LogP contribution in [0, 0.1) is 20.8 Å². The predicted octanol–water partition coefficient (Wildman–Crippen LogP) is 4.11. The number of furan rings is 1. The molecule has 0 bridgehead atoms. The molecule has 86 valence electrons. The molecule has 2 aromatic heterocycles. The molecule has 0 spiro atoms. The summed E-state index contributed by atoms with van der Waals surface area (Å²) in [7, 11) is 0. The van der Waals surface area contributed by atoms with E-state index in [-0.39, 0.29) is 0 Å². The zero-order valence-electron chi connectivity index (χ0n) is 9.37. The molecule has 1 unspecified atom stereocenters. The molecule has 2 rings (SSSR count). The van der Waals surface area contributed by atoms with Crippen molar-refractivity contribution >= 4 is 27.3 Å². The molecule has 0 aliphatic carbocycles. The zero-order valence-corrected chi connectivity index (χ0v) is 11.8. The largest absolute Gasteiger partial charge is 0.466 e. The normalized spacial score (nSPS) is 13.1. The molecular formula is C12H13BrO2S. The minimum Gasteiger partial charge on any atom is -0.466 e. The number of hydrogen-bond donors (Lipinski definition) is 1. The van der Waals surface area contributed by atoms with Gasteiger partial charge in [-0.25, -0.2) is 0 Å². The van der Waals surface area contributed by atoms with Crippen LogP contribution in [0.25, 0.3) is 0 Å². The first-order valence-electron chi connectivity index (χ1n) is 5.00. The second-order valence-electron chi connectivity index (χ2n) is 3.84. The van der Waals surface area contributed by atoms with E-state index in [2.05, 4.69) is 15.9 Å². The van der Waals surface area contributed by atoms with Crippen molar-refractivity contribution in [3.05, 3.63) is 43.4 Å². The summed E-state index contributed by atoms with van der Waals surface area (Å²) in [6, 6.07) is 3.91. The van der Waals surface area contributed by atoms with Gasteiger partial charge in [0.15, 0.2) is 0 Å². The molecule has 0 aliphatic heterocycles. The smallest absolute Gasteiger partial charge is 0.118 e. The summed E-state index contributed by atoms with van der Waals surface area (Å²) in [5.74, 6) is 1.61. The number of aryl methyl sites for hydroxylation is 3. The molecular weight excluding hydrogens is 288 g/mol. The lowest BCUT2D eigenvalue weighted by Gasteiger charge is -2.07. The van der Waals surface area contributed by atoms with Gasteiger partial charge < -0.3 is 9.52 Å². The van der Waals surface area contributed by atoms with E-state index in [1.807, 2.05) is 32.9 Å². The molecule has 0 amide bonds. The molecule has 2 aromatic rings. The van der Waals surface area contributed by atoms with E-state index in [1.54, 1.807) is 11.3 Å². The van der Waals surface area contributed by atoms with E-state index in [0.717, 1.165) is 26.4 Å². The molecule has 16 heavy (non-hydrogen) atoms. The summed E-state index contributed by atoms with van der Waals surface area (Å²) in [6.45, 7) is 5.79. The van der Waals surface area contributed by atoms with Gasteiger partial charge in [0.2, 0.25) is 0 Å². The Bertz CT molecular complexity index is 467. The number of hydrogen-bond acceptors (Lipinski definition) is 3. The maximum Gasteiger partial charge on any atom is 0.118 e. The Morgan fingerprint density at radius 2 is 2.00 bits per heavy atom. The molecule has 4 heteroatoms. The Kier molecular flexibility index (Phi) is 3.24. The molecule has 0 saturated heterocycles. The van der Waals surface area contributed by atoms with Crippen LogP contribution in [-0.4, -0.2) is 5.11 Å². The molecule has 1 N–H and O–H groups in total. The first-order chi connectivity index (χ1) is 7.49. The number of aliphatic hydroxyl groups excluding tert-OH is 1. The summed E-state index contributed by atoms with van der Waals surface area (Å²) < 4.78 is 6.39. The maximum atomic E-state index is 10.3. The standard InChI is InChI=1S/C12H13BrO2S/c1-6-4-9(8(3)15-6)11(14)12-10(13)5-7(2)16-12/h4-5,11,14H,1-3H3. The van der Waals surface area contributed by atoms with E-state index in [4.69, 9.17) is 4.42 Å². The fourth-order valence-corrected chi connectivity index (χ4v) is 3.62. The topological polar surface area (TPSA) is 33.4 Å². The van der Waals surface area contributed by atoms with Crippen LogP contribution in [0.5, 0.6) is 0 Å². The van der Waals surface area contributed by atoms with Gasteiger partial charge in [-0.3, -0.25) is 0 Å². The minimum atomic E-state index is -0.606. The number of halogens is 1. The first kappa shape index (κ1) is 11.9. The van der Waals surface area contributed by atoms with Crippen molar-refractivity contribution in [2.75, 3.05) is 0 Å². The van der Waals surface area contributed by atoms with Crippen LogP contribution >= 0.6 is 27.3 Å². The van der Waals surface area contributed by atoms with Gasteiger partial charge in [0.25, 0.3) is 0 Å². The lowest BCUT2D eigenvalue weighted by atomic mass is 10.1. The lowest BCUT2D eigenvalue weighted by molar-refractivity contribution is 0.221. The van der Waals surface area contributed by atoms with Crippen LogP contribution in [0.4, 0.5) is 0 Å².